The van der Waals surface area contributed by atoms with Crippen LogP contribution in [0, 0.1) is 6.92 Å². The highest BCUT2D eigenvalue weighted by molar-refractivity contribution is 6.06. The Hall–Kier alpha value is -3.80. The number of ether oxygens (including phenoxy) is 2. The highest BCUT2D eigenvalue weighted by atomic mass is 16.5. The molecule has 0 saturated carbocycles. The predicted octanol–water partition coefficient (Wildman–Crippen LogP) is 4.52. The van der Waals surface area contributed by atoms with E-state index >= 15 is 0 Å². The molecule has 0 radical (unpaired) electrons. The normalized spacial score (nSPS) is 10.2. The third kappa shape index (κ3) is 4.73. The molecular formula is C23H22N2O4. The third-order valence-corrected chi connectivity index (χ3v) is 4.43. The maximum Gasteiger partial charge on any atom is 0.255 e. The second-order valence-electron chi connectivity index (χ2n) is 6.37. The third-order valence-electron chi connectivity index (χ3n) is 4.43. The largest absolute Gasteiger partial charge is 0.496 e. The quantitative estimate of drug-likeness (QED) is 0.649. The Morgan fingerprint density at radius 3 is 2.03 bits per heavy atom. The van der Waals surface area contributed by atoms with Gasteiger partial charge in [0.2, 0.25) is 0 Å². The number of benzene rings is 3. The minimum atomic E-state index is -0.268. The average Bonchev–Trinajstić information content (AvgIpc) is 2.74. The van der Waals surface area contributed by atoms with Gasteiger partial charge < -0.3 is 20.1 Å². The highest BCUT2D eigenvalue weighted by Crippen LogP contribution is 2.24. The lowest BCUT2D eigenvalue weighted by Gasteiger charge is -2.11. The molecule has 0 spiro atoms. The maximum atomic E-state index is 12.5. The van der Waals surface area contributed by atoms with Crippen LogP contribution in [0.15, 0.2) is 66.7 Å². The van der Waals surface area contributed by atoms with Gasteiger partial charge >= 0.3 is 0 Å². The number of aryl methyl sites for hydroxylation is 1. The van der Waals surface area contributed by atoms with Gasteiger partial charge in [-0.25, -0.2) is 0 Å². The number of hydrogen-bond donors (Lipinski definition) is 2. The van der Waals surface area contributed by atoms with Gasteiger partial charge in [-0.05, 0) is 61.0 Å². The van der Waals surface area contributed by atoms with E-state index in [-0.39, 0.29) is 11.8 Å². The molecule has 3 aromatic carbocycles. The number of carbonyl (C=O) groups excluding carboxylic acids is 2. The van der Waals surface area contributed by atoms with Crippen molar-refractivity contribution in [3.05, 3.63) is 83.4 Å². The monoisotopic (exact) mass is 390 g/mol. The van der Waals surface area contributed by atoms with Crippen molar-refractivity contribution < 1.29 is 19.1 Å². The van der Waals surface area contributed by atoms with Gasteiger partial charge in [-0.1, -0.05) is 18.2 Å². The van der Waals surface area contributed by atoms with Crippen molar-refractivity contribution in [2.24, 2.45) is 0 Å². The Bertz CT molecular complexity index is 1030. The van der Waals surface area contributed by atoms with Crippen LogP contribution in [0.2, 0.25) is 0 Å². The number of anilines is 2. The molecule has 3 aromatic rings. The van der Waals surface area contributed by atoms with E-state index in [0.717, 1.165) is 5.56 Å². The molecule has 0 aromatic heterocycles. The van der Waals surface area contributed by atoms with Crippen molar-refractivity contribution >= 4 is 23.2 Å². The Morgan fingerprint density at radius 2 is 1.34 bits per heavy atom. The van der Waals surface area contributed by atoms with Gasteiger partial charge in [0.1, 0.15) is 11.5 Å². The van der Waals surface area contributed by atoms with Crippen LogP contribution in [-0.4, -0.2) is 26.0 Å². The lowest BCUT2D eigenvalue weighted by atomic mass is 10.1. The molecule has 6 heteroatoms. The molecule has 148 valence electrons. The van der Waals surface area contributed by atoms with Crippen LogP contribution in [0.1, 0.15) is 26.3 Å². The van der Waals surface area contributed by atoms with Gasteiger partial charge in [-0.3, -0.25) is 9.59 Å². The predicted molar refractivity (Wildman–Crippen MR) is 113 cm³/mol. The molecule has 0 heterocycles. The second kappa shape index (κ2) is 8.93. The first-order valence-corrected chi connectivity index (χ1v) is 9.02. The standard InChI is InChI=1S/C23H22N2O4/c1-15-8-9-17(14-21(15)29-3)23(27)24-18-12-10-16(11-13-18)22(26)25-19-6-4-5-7-20(19)28-2/h4-14H,1-3H3,(H,24,27)(H,25,26). The summed E-state index contributed by atoms with van der Waals surface area (Å²) in [6.45, 7) is 1.91. The van der Waals surface area contributed by atoms with E-state index in [1.807, 2.05) is 25.1 Å². The Kier molecular flexibility index (Phi) is 6.14. The first kappa shape index (κ1) is 19.9. The van der Waals surface area contributed by atoms with Crippen molar-refractivity contribution in [2.45, 2.75) is 6.92 Å². The topological polar surface area (TPSA) is 76.7 Å². The van der Waals surface area contributed by atoms with Gasteiger partial charge in [0.25, 0.3) is 11.8 Å². The molecule has 0 aliphatic rings. The molecule has 0 atom stereocenters. The SMILES string of the molecule is COc1cc(C(=O)Nc2ccc(C(=O)Nc3ccccc3OC)cc2)ccc1C. The molecule has 0 fully saturated rings. The Labute approximate surface area is 169 Å². The van der Waals surface area contributed by atoms with E-state index in [2.05, 4.69) is 10.6 Å². The lowest BCUT2D eigenvalue weighted by Crippen LogP contribution is -2.14. The molecule has 0 saturated heterocycles. The van der Waals surface area contributed by atoms with Gasteiger partial charge in [0, 0.05) is 16.8 Å². The number of hydrogen-bond acceptors (Lipinski definition) is 4. The summed E-state index contributed by atoms with van der Waals surface area (Å²) in [4.78, 5) is 24.9. The number of rotatable bonds is 6. The molecule has 0 bridgehead atoms. The summed E-state index contributed by atoms with van der Waals surface area (Å²) >= 11 is 0. The zero-order chi connectivity index (χ0) is 20.8. The van der Waals surface area contributed by atoms with Crippen molar-refractivity contribution in [3.8, 4) is 11.5 Å². The van der Waals surface area contributed by atoms with Gasteiger partial charge in [-0.2, -0.15) is 0 Å². The van der Waals surface area contributed by atoms with Crippen LogP contribution in [0.5, 0.6) is 11.5 Å². The summed E-state index contributed by atoms with van der Waals surface area (Å²) in [6, 6.07) is 19.1. The van der Waals surface area contributed by atoms with E-state index in [0.29, 0.717) is 34.0 Å². The molecule has 6 nitrogen and oxygen atoms in total. The van der Waals surface area contributed by atoms with Gasteiger partial charge in [0.05, 0.1) is 19.9 Å². The minimum Gasteiger partial charge on any atom is -0.496 e. The summed E-state index contributed by atoms with van der Waals surface area (Å²) in [5.41, 5.74) is 3.08. The molecule has 2 N–H and O–H groups in total. The van der Waals surface area contributed by atoms with Gasteiger partial charge in [0.15, 0.2) is 0 Å². The zero-order valence-corrected chi connectivity index (χ0v) is 16.5. The molecule has 29 heavy (non-hydrogen) atoms. The average molecular weight is 390 g/mol. The molecule has 0 aliphatic heterocycles. The maximum absolute atomic E-state index is 12.5. The Morgan fingerprint density at radius 1 is 0.724 bits per heavy atom. The van der Waals surface area contributed by atoms with Crippen LogP contribution in [0.3, 0.4) is 0 Å². The van der Waals surface area contributed by atoms with Crippen molar-refractivity contribution in [1.82, 2.24) is 0 Å². The smallest absolute Gasteiger partial charge is 0.255 e. The summed E-state index contributed by atoms with van der Waals surface area (Å²) in [7, 11) is 3.12. The van der Waals surface area contributed by atoms with Crippen molar-refractivity contribution in [3.63, 3.8) is 0 Å². The van der Waals surface area contributed by atoms with E-state index in [1.165, 1.54) is 0 Å². The molecule has 2 amide bonds. The molecule has 3 rings (SSSR count). The number of amides is 2. The van der Waals surface area contributed by atoms with Crippen molar-refractivity contribution in [1.29, 1.82) is 0 Å². The number of para-hydroxylation sites is 2. The van der Waals surface area contributed by atoms with Crippen LogP contribution in [0.4, 0.5) is 11.4 Å². The van der Waals surface area contributed by atoms with Crippen LogP contribution >= 0.6 is 0 Å². The fourth-order valence-corrected chi connectivity index (χ4v) is 2.81. The summed E-state index contributed by atoms with van der Waals surface area (Å²) in [5, 5.41) is 5.63. The molecule has 0 unspecified atom stereocenters. The zero-order valence-electron chi connectivity index (χ0n) is 16.5. The van der Waals surface area contributed by atoms with E-state index in [4.69, 9.17) is 9.47 Å². The first-order chi connectivity index (χ1) is 14.0. The van der Waals surface area contributed by atoms with Crippen LogP contribution in [0.25, 0.3) is 0 Å². The minimum absolute atomic E-state index is 0.255. The Balaban J connectivity index is 1.68. The van der Waals surface area contributed by atoms with Crippen molar-refractivity contribution in [2.75, 3.05) is 24.9 Å². The summed E-state index contributed by atoms with van der Waals surface area (Å²) in [5.74, 6) is 0.712. The molecular weight excluding hydrogens is 368 g/mol. The first-order valence-electron chi connectivity index (χ1n) is 9.02. The second-order valence-corrected chi connectivity index (χ2v) is 6.37. The number of carbonyl (C=O) groups is 2. The van der Waals surface area contributed by atoms with Crippen LogP contribution in [-0.2, 0) is 0 Å². The van der Waals surface area contributed by atoms with Gasteiger partial charge in [-0.15, -0.1) is 0 Å². The number of nitrogens with one attached hydrogen (secondary N) is 2. The van der Waals surface area contributed by atoms with Crippen LogP contribution < -0.4 is 20.1 Å². The highest BCUT2D eigenvalue weighted by Gasteiger charge is 2.11. The van der Waals surface area contributed by atoms with E-state index < -0.39 is 0 Å². The fraction of sp³-hybridized carbons (Fsp3) is 0.130. The fourth-order valence-electron chi connectivity index (χ4n) is 2.81. The van der Waals surface area contributed by atoms with E-state index in [9.17, 15) is 9.59 Å². The number of methoxy groups -OCH3 is 2. The summed E-state index contributed by atoms with van der Waals surface area (Å²) in [6.07, 6.45) is 0. The molecule has 0 aliphatic carbocycles. The van der Waals surface area contributed by atoms with E-state index in [1.54, 1.807) is 62.8 Å². The lowest BCUT2D eigenvalue weighted by molar-refractivity contribution is 0.101. The summed E-state index contributed by atoms with van der Waals surface area (Å²) < 4.78 is 10.5.